The van der Waals surface area contributed by atoms with Gasteiger partial charge in [-0.3, -0.25) is 0 Å². The van der Waals surface area contributed by atoms with Crippen molar-refractivity contribution in [1.82, 2.24) is 14.6 Å². The minimum atomic E-state index is 0. The number of fused-ring (bicyclic) bond motifs is 1. The summed E-state index contributed by atoms with van der Waals surface area (Å²) in [6.45, 7) is 2.62. The Morgan fingerprint density at radius 1 is 1.50 bits per heavy atom. The molecule has 0 aliphatic rings. The summed E-state index contributed by atoms with van der Waals surface area (Å²) >= 11 is 1.60. The maximum atomic E-state index is 5.41. The monoisotopic (exact) mass is 254 g/mol. The lowest BCUT2D eigenvalue weighted by molar-refractivity contribution is 0.914. The topological polar surface area (TPSA) is 56.2 Å². The fourth-order valence-corrected chi connectivity index (χ4v) is 1.86. The molecule has 0 fully saturated rings. The Bertz CT molecular complexity index is 366. The van der Waals surface area contributed by atoms with Crippen LogP contribution in [0.4, 0.5) is 0 Å². The first kappa shape index (κ1) is 13.6. The fraction of sp³-hybridized carbons (Fsp3) is 0.429. The van der Waals surface area contributed by atoms with E-state index in [0.29, 0.717) is 6.54 Å². The van der Waals surface area contributed by atoms with Crippen molar-refractivity contribution in [1.29, 1.82) is 0 Å². The van der Waals surface area contributed by atoms with E-state index in [1.807, 2.05) is 17.6 Å². The van der Waals surface area contributed by atoms with Crippen LogP contribution in [0.15, 0.2) is 6.20 Å². The summed E-state index contributed by atoms with van der Waals surface area (Å²) in [5.74, 6) is 0. The summed E-state index contributed by atoms with van der Waals surface area (Å²) in [7, 11) is 0. The average molecular weight is 255 g/mol. The molecule has 0 amide bonds. The standard InChI is InChI=1S/C7H10N4S.2ClH/c1-5-10-11-4-6(2-3-8)9-7(11)12-5;;/h4H,2-3,8H2,1H3;2*1H. The summed E-state index contributed by atoms with van der Waals surface area (Å²) in [5.41, 5.74) is 6.44. The Kier molecular flexibility index (Phi) is 5.36. The molecule has 0 saturated heterocycles. The molecule has 0 radical (unpaired) electrons. The molecule has 2 rings (SSSR count). The van der Waals surface area contributed by atoms with Gasteiger partial charge in [0.2, 0.25) is 4.96 Å². The minimum Gasteiger partial charge on any atom is -0.330 e. The van der Waals surface area contributed by atoms with Gasteiger partial charge in [-0.1, -0.05) is 11.3 Å². The lowest BCUT2D eigenvalue weighted by atomic mass is 10.3. The second kappa shape index (κ2) is 5.50. The van der Waals surface area contributed by atoms with Crippen molar-refractivity contribution in [2.75, 3.05) is 6.54 Å². The third-order valence-electron chi connectivity index (χ3n) is 1.59. The maximum Gasteiger partial charge on any atom is 0.212 e. The number of halogens is 2. The average Bonchev–Trinajstić information content (AvgIpc) is 2.44. The summed E-state index contributed by atoms with van der Waals surface area (Å²) in [6, 6.07) is 0. The van der Waals surface area contributed by atoms with Gasteiger partial charge in [0.15, 0.2) is 0 Å². The number of nitrogens with two attached hydrogens (primary N) is 1. The van der Waals surface area contributed by atoms with Crippen LogP contribution in [0.5, 0.6) is 0 Å². The first-order valence-electron chi connectivity index (χ1n) is 3.81. The SMILES string of the molecule is Cc1nn2cc(CCN)nc2s1.Cl.Cl. The molecule has 2 aromatic rings. The van der Waals surface area contributed by atoms with Crippen LogP contribution >= 0.6 is 36.2 Å². The van der Waals surface area contributed by atoms with Gasteiger partial charge < -0.3 is 5.73 Å². The highest BCUT2D eigenvalue weighted by molar-refractivity contribution is 7.16. The first-order chi connectivity index (χ1) is 5.79. The second-order valence-corrected chi connectivity index (χ2v) is 3.78. The Hall–Kier alpha value is -0.360. The van der Waals surface area contributed by atoms with Crippen LogP contribution in [0.2, 0.25) is 0 Å². The van der Waals surface area contributed by atoms with Crippen LogP contribution in [-0.2, 0) is 6.42 Å². The zero-order valence-corrected chi connectivity index (χ0v) is 10.1. The molecular weight excluding hydrogens is 243 g/mol. The zero-order valence-electron chi connectivity index (χ0n) is 7.64. The number of aryl methyl sites for hydroxylation is 1. The Labute approximate surface area is 98.3 Å². The van der Waals surface area contributed by atoms with Crippen LogP contribution in [-0.4, -0.2) is 21.1 Å². The number of hydrogen-bond acceptors (Lipinski definition) is 4. The number of aromatic nitrogens is 3. The number of rotatable bonds is 2. The van der Waals surface area contributed by atoms with Gasteiger partial charge in [0.05, 0.1) is 11.9 Å². The molecule has 7 heteroatoms. The van der Waals surface area contributed by atoms with Gasteiger partial charge in [-0.2, -0.15) is 5.10 Å². The first-order valence-corrected chi connectivity index (χ1v) is 4.63. The largest absolute Gasteiger partial charge is 0.330 e. The van der Waals surface area contributed by atoms with E-state index in [-0.39, 0.29) is 24.8 Å². The van der Waals surface area contributed by atoms with Crippen LogP contribution in [0.25, 0.3) is 4.96 Å². The molecule has 0 unspecified atom stereocenters. The van der Waals surface area contributed by atoms with Gasteiger partial charge in [-0.05, 0) is 13.5 Å². The second-order valence-electron chi connectivity index (χ2n) is 2.62. The molecule has 80 valence electrons. The highest BCUT2D eigenvalue weighted by Crippen LogP contribution is 2.13. The highest BCUT2D eigenvalue weighted by atomic mass is 35.5. The third-order valence-corrected chi connectivity index (χ3v) is 2.43. The molecule has 0 saturated carbocycles. The normalized spacial score (nSPS) is 9.57. The molecule has 0 aliphatic heterocycles. The molecule has 0 bridgehead atoms. The van der Waals surface area contributed by atoms with Crippen molar-refractivity contribution in [3.63, 3.8) is 0 Å². The third kappa shape index (κ3) is 2.57. The van der Waals surface area contributed by atoms with E-state index in [2.05, 4.69) is 10.1 Å². The lowest BCUT2D eigenvalue weighted by Crippen LogP contribution is -2.02. The molecule has 14 heavy (non-hydrogen) atoms. The molecule has 0 spiro atoms. The van der Waals surface area contributed by atoms with E-state index in [4.69, 9.17) is 5.73 Å². The molecule has 0 aliphatic carbocycles. The predicted molar refractivity (Wildman–Crippen MR) is 62.9 cm³/mol. The molecule has 4 nitrogen and oxygen atoms in total. The maximum absolute atomic E-state index is 5.41. The van der Waals surface area contributed by atoms with Crippen molar-refractivity contribution in [3.8, 4) is 0 Å². The summed E-state index contributed by atoms with van der Waals surface area (Å²) < 4.78 is 1.81. The summed E-state index contributed by atoms with van der Waals surface area (Å²) in [4.78, 5) is 5.32. The molecule has 2 N–H and O–H groups in total. The Morgan fingerprint density at radius 2 is 2.21 bits per heavy atom. The summed E-state index contributed by atoms with van der Waals surface area (Å²) in [5, 5.41) is 5.29. The van der Waals surface area contributed by atoms with E-state index in [0.717, 1.165) is 22.1 Å². The number of hydrogen-bond donors (Lipinski definition) is 1. The van der Waals surface area contributed by atoms with E-state index in [1.54, 1.807) is 11.3 Å². The molecule has 2 aromatic heterocycles. The minimum absolute atomic E-state index is 0. The van der Waals surface area contributed by atoms with E-state index in [9.17, 15) is 0 Å². The smallest absolute Gasteiger partial charge is 0.212 e. The van der Waals surface area contributed by atoms with Crippen LogP contribution < -0.4 is 5.73 Å². The van der Waals surface area contributed by atoms with Gasteiger partial charge in [-0.25, -0.2) is 9.50 Å². The van der Waals surface area contributed by atoms with Gasteiger partial charge >= 0.3 is 0 Å². The molecule has 0 atom stereocenters. The highest BCUT2D eigenvalue weighted by Gasteiger charge is 2.03. The van der Waals surface area contributed by atoms with Crippen LogP contribution in [0.1, 0.15) is 10.7 Å². The molecule has 0 aromatic carbocycles. The Morgan fingerprint density at radius 3 is 2.79 bits per heavy atom. The molecular formula is C7H12Cl2N4S. The molecule has 2 heterocycles. The quantitative estimate of drug-likeness (QED) is 0.883. The number of nitrogens with zero attached hydrogens (tertiary/aromatic N) is 3. The van der Waals surface area contributed by atoms with Crippen LogP contribution in [0.3, 0.4) is 0 Å². The zero-order chi connectivity index (χ0) is 8.55. The van der Waals surface area contributed by atoms with E-state index >= 15 is 0 Å². The van der Waals surface area contributed by atoms with Crippen LogP contribution in [0, 0.1) is 6.92 Å². The van der Waals surface area contributed by atoms with E-state index in [1.165, 1.54) is 0 Å². The summed E-state index contributed by atoms with van der Waals surface area (Å²) in [6.07, 6.45) is 2.76. The van der Waals surface area contributed by atoms with Crippen molar-refractivity contribution in [2.45, 2.75) is 13.3 Å². The van der Waals surface area contributed by atoms with E-state index < -0.39 is 0 Å². The lowest BCUT2D eigenvalue weighted by Gasteiger charge is -1.86. The predicted octanol–water partition coefficient (Wildman–Crippen LogP) is 1.44. The van der Waals surface area contributed by atoms with Crippen molar-refractivity contribution in [2.24, 2.45) is 5.73 Å². The number of imidazole rings is 1. The van der Waals surface area contributed by atoms with Gasteiger partial charge in [0.1, 0.15) is 5.01 Å². The van der Waals surface area contributed by atoms with Gasteiger partial charge in [0, 0.05) is 6.42 Å². The van der Waals surface area contributed by atoms with Gasteiger partial charge in [0.25, 0.3) is 0 Å². The Balaban J connectivity index is 0.000000845. The van der Waals surface area contributed by atoms with Crippen molar-refractivity contribution in [3.05, 3.63) is 16.9 Å². The van der Waals surface area contributed by atoms with Crippen molar-refractivity contribution < 1.29 is 0 Å². The fourth-order valence-electron chi connectivity index (χ4n) is 1.11. The van der Waals surface area contributed by atoms with Gasteiger partial charge in [-0.15, -0.1) is 24.8 Å². The van der Waals surface area contributed by atoms with Crippen molar-refractivity contribution >= 4 is 41.1 Å².